The maximum Gasteiger partial charge on any atom is 0.244 e. The second-order valence-electron chi connectivity index (χ2n) is 4.45. The number of hydrogen-bond acceptors (Lipinski definition) is 4. The maximum absolute atomic E-state index is 12.0. The maximum atomic E-state index is 12.0. The molecule has 2 rings (SSSR count). The van der Waals surface area contributed by atoms with Crippen LogP contribution in [0.1, 0.15) is 19.3 Å². The van der Waals surface area contributed by atoms with Crippen LogP contribution >= 0.6 is 0 Å². The lowest BCUT2D eigenvalue weighted by atomic mass is 9.95. The Hall–Kier alpha value is -1.43. The first kappa shape index (κ1) is 12.0. The van der Waals surface area contributed by atoms with Gasteiger partial charge in [0, 0.05) is 19.7 Å². The van der Waals surface area contributed by atoms with Crippen LogP contribution in [0.2, 0.25) is 0 Å². The van der Waals surface area contributed by atoms with Gasteiger partial charge in [-0.1, -0.05) is 0 Å². The largest absolute Gasteiger partial charge is 0.396 e. The smallest absolute Gasteiger partial charge is 0.244 e. The highest BCUT2D eigenvalue weighted by atomic mass is 16.3. The molecule has 6 nitrogen and oxygen atoms in total. The Morgan fingerprint density at radius 2 is 2.41 bits per heavy atom. The van der Waals surface area contributed by atoms with Gasteiger partial charge < -0.3 is 10.0 Å². The summed E-state index contributed by atoms with van der Waals surface area (Å²) in [6.07, 6.45) is 5.89. The van der Waals surface area contributed by atoms with E-state index in [0.29, 0.717) is 5.92 Å². The van der Waals surface area contributed by atoms with Gasteiger partial charge in [-0.2, -0.15) is 5.10 Å². The molecule has 1 aromatic rings. The number of likely N-dealkylation sites (tertiary alicyclic amines) is 1. The molecule has 94 valence electrons. The van der Waals surface area contributed by atoms with Crippen molar-refractivity contribution in [3.05, 3.63) is 12.7 Å². The normalized spacial score (nSPS) is 20.5. The minimum absolute atomic E-state index is 0.0816. The number of rotatable bonds is 4. The Balaban J connectivity index is 1.86. The number of amides is 1. The molecule has 0 aromatic carbocycles. The van der Waals surface area contributed by atoms with E-state index in [9.17, 15) is 4.79 Å². The molecule has 1 aliphatic heterocycles. The highest BCUT2D eigenvalue weighted by Gasteiger charge is 2.23. The van der Waals surface area contributed by atoms with Gasteiger partial charge in [-0.15, -0.1) is 0 Å². The van der Waals surface area contributed by atoms with Gasteiger partial charge in [0.15, 0.2) is 0 Å². The van der Waals surface area contributed by atoms with E-state index in [1.807, 2.05) is 4.90 Å². The number of aromatic nitrogens is 3. The molecular weight excluding hydrogens is 220 g/mol. The predicted molar refractivity (Wildman–Crippen MR) is 61.0 cm³/mol. The van der Waals surface area contributed by atoms with Gasteiger partial charge in [-0.25, -0.2) is 9.67 Å². The Morgan fingerprint density at radius 3 is 3.12 bits per heavy atom. The summed E-state index contributed by atoms with van der Waals surface area (Å²) in [5.41, 5.74) is 0. The minimum atomic E-state index is 0.0816. The summed E-state index contributed by atoms with van der Waals surface area (Å²) in [7, 11) is 0. The first-order valence-electron chi connectivity index (χ1n) is 6.00. The number of piperidine rings is 1. The Labute approximate surface area is 100 Å². The fraction of sp³-hybridized carbons (Fsp3) is 0.727. The van der Waals surface area contributed by atoms with Crippen molar-refractivity contribution in [1.82, 2.24) is 19.7 Å². The zero-order valence-electron chi connectivity index (χ0n) is 9.83. The molecule has 1 aliphatic rings. The number of nitrogens with zero attached hydrogens (tertiary/aromatic N) is 4. The van der Waals surface area contributed by atoms with Crippen molar-refractivity contribution in [3.63, 3.8) is 0 Å². The SMILES string of the molecule is O=C(Cn1cncn1)N1CCCC(CCO)C1. The molecule has 1 saturated heterocycles. The van der Waals surface area contributed by atoms with Crippen LogP contribution in [0.3, 0.4) is 0 Å². The zero-order chi connectivity index (χ0) is 12.1. The van der Waals surface area contributed by atoms with E-state index in [4.69, 9.17) is 5.11 Å². The first-order valence-corrected chi connectivity index (χ1v) is 6.00. The number of carbonyl (C=O) groups is 1. The first-order chi connectivity index (χ1) is 8.29. The van der Waals surface area contributed by atoms with E-state index in [-0.39, 0.29) is 19.1 Å². The standard InChI is InChI=1S/C11H18N4O2/c16-5-3-10-2-1-4-14(6-10)11(17)7-15-9-12-8-13-15/h8-10,16H,1-7H2. The predicted octanol–water partition coefficient (Wildman–Crippen LogP) is -0.101. The monoisotopic (exact) mass is 238 g/mol. The molecule has 1 N–H and O–H groups in total. The topological polar surface area (TPSA) is 71.2 Å². The van der Waals surface area contributed by atoms with Crippen molar-refractivity contribution >= 4 is 5.91 Å². The number of hydrogen-bond donors (Lipinski definition) is 1. The second kappa shape index (κ2) is 5.77. The fourth-order valence-corrected chi connectivity index (χ4v) is 2.26. The summed E-state index contributed by atoms with van der Waals surface area (Å²) < 4.78 is 1.54. The van der Waals surface area contributed by atoms with E-state index in [1.165, 1.54) is 11.0 Å². The van der Waals surface area contributed by atoms with Crippen LogP contribution < -0.4 is 0 Å². The Bertz CT molecular complexity index is 350. The summed E-state index contributed by atoms with van der Waals surface area (Å²) in [6, 6.07) is 0. The van der Waals surface area contributed by atoms with Crippen LogP contribution in [0.5, 0.6) is 0 Å². The van der Waals surface area contributed by atoms with Gasteiger partial charge >= 0.3 is 0 Å². The summed E-state index contributed by atoms with van der Waals surface area (Å²) in [5.74, 6) is 0.520. The third-order valence-electron chi connectivity index (χ3n) is 3.17. The fourth-order valence-electron chi connectivity index (χ4n) is 2.26. The number of aliphatic hydroxyl groups excluding tert-OH is 1. The third kappa shape index (κ3) is 3.26. The Morgan fingerprint density at radius 1 is 1.53 bits per heavy atom. The van der Waals surface area contributed by atoms with E-state index >= 15 is 0 Å². The van der Waals surface area contributed by atoms with Gasteiger partial charge in [0.2, 0.25) is 5.91 Å². The molecule has 2 heterocycles. The lowest BCUT2D eigenvalue weighted by Gasteiger charge is -2.32. The summed E-state index contributed by atoms with van der Waals surface area (Å²) in [5, 5.41) is 12.8. The van der Waals surface area contributed by atoms with Crippen molar-refractivity contribution in [3.8, 4) is 0 Å². The molecule has 0 aliphatic carbocycles. The number of aliphatic hydroxyl groups is 1. The van der Waals surface area contributed by atoms with E-state index in [1.54, 1.807) is 6.33 Å². The highest BCUT2D eigenvalue weighted by Crippen LogP contribution is 2.19. The van der Waals surface area contributed by atoms with Crippen LogP contribution in [0.25, 0.3) is 0 Å². The lowest BCUT2D eigenvalue weighted by molar-refractivity contribution is -0.134. The molecule has 1 aromatic heterocycles. The van der Waals surface area contributed by atoms with Crippen LogP contribution in [0, 0.1) is 5.92 Å². The van der Waals surface area contributed by atoms with Gasteiger partial charge in [-0.3, -0.25) is 4.79 Å². The van der Waals surface area contributed by atoms with Crippen molar-refractivity contribution in [2.24, 2.45) is 5.92 Å². The van der Waals surface area contributed by atoms with Crippen LogP contribution in [0.15, 0.2) is 12.7 Å². The molecule has 0 radical (unpaired) electrons. The molecule has 0 bridgehead atoms. The lowest BCUT2D eigenvalue weighted by Crippen LogP contribution is -2.41. The van der Waals surface area contributed by atoms with Crippen molar-refractivity contribution in [2.75, 3.05) is 19.7 Å². The molecule has 1 fully saturated rings. The van der Waals surface area contributed by atoms with Crippen molar-refractivity contribution in [2.45, 2.75) is 25.8 Å². The molecular formula is C11H18N4O2. The Kier molecular flexibility index (Phi) is 4.08. The average Bonchev–Trinajstić information content (AvgIpc) is 2.83. The molecule has 17 heavy (non-hydrogen) atoms. The van der Waals surface area contributed by atoms with E-state index in [0.717, 1.165) is 32.4 Å². The van der Waals surface area contributed by atoms with Gasteiger partial charge in [0.1, 0.15) is 19.2 Å². The van der Waals surface area contributed by atoms with Crippen molar-refractivity contribution in [1.29, 1.82) is 0 Å². The van der Waals surface area contributed by atoms with Crippen LogP contribution in [-0.2, 0) is 11.3 Å². The van der Waals surface area contributed by atoms with E-state index in [2.05, 4.69) is 10.1 Å². The second-order valence-corrected chi connectivity index (χ2v) is 4.45. The number of carbonyl (C=O) groups excluding carboxylic acids is 1. The van der Waals surface area contributed by atoms with E-state index < -0.39 is 0 Å². The quantitative estimate of drug-likeness (QED) is 0.795. The van der Waals surface area contributed by atoms with Gasteiger partial charge in [-0.05, 0) is 25.2 Å². The summed E-state index contributed by atoms with van der Waals surface area (Å²) >= 11 is 0. The molecule has 1 unspecified atom stereocenters. The third-order valence-corrected chi connectivity index (χ3v) is 3.17. The summed E-state index contributed by atoms with van der Waals surface area (Å²) in [4.78, 5) is 17.7. The summed E-state index contributed by atoms with van der Waals surface area (Å²) in [6.45, 7) is 2.03. The van der Waals surface area contributed by atoms with Gasteiger partial charge in [0.25, 0.3) is 0 Å². The molecule has 1 amide bonds. The van der Waals surface area contributed by atoms with Crippen molar-refractivity contribution < 1.29 is 9.90 Å². The molecule has 6 heteroatoms. The minimum Gasteiger partial charge on any atom is -0.396 e. The van der Waals surface area contributed by atoms with Crippen LogP contribution in [0.4, 0.5) is 0 Å². The average molecular weight is 238 g/mol. The van der Waals surface area contributed by atoms with Crippen LogP contribution in [-0.4, -0.2) is 50.4 Å². The zero-order valence-corrected chi connectivity index (χ0v) is 9.83. The molecule has 0 saturated carbocycles. The molecule has 0 spiro atoms. The molecule has 1 atom stereocenters. The highest BCUT2D eigenvalue weighted by molar-refractivity contribution is 5.75. The van der Waals surface area contributed by atoms with Gasteiger partial charge in [0.05, 0.1) is 0 Å².